The van der Waals surface area contributed by atoms with E-state index in [1.807, 2.05) is 24.3 Å². The van der Waals surface area contributed by atoms with Gasteiger partial charge in [0.05, 0.1) is 12.7 Å². The first-order valence-electron chi connectivity index (χ1n) is 7.60. The summed E-state index contributed by atoms with van der Waals surface area (Å²) in [6.07, 6.45) is 6.95. The van der Waals surface area contributed by atoms with Gasteiger partial charge in [-0.2, -0.15) is 0 Å². The van der Waals surface area contributed by atoms with Crippen LogP contribution in [0.4, 0.5) is 5.82 Å². The summed E-state index contributed by atoms with van der Waals surface area (Å²) in [5, 5.41) is 16.0. The number of benzene rings is 1. The number of ether oxygens (including phenoxy) is 1. The van der Waals surface area contributed by atoms with Crippen molar-refractivity contribution < 1.29 is 9.84 Å². The molecule has 0 atom stereocenters. The van der Waals surface area contributed by atoms with Crippen molar-refractivity contribution in [2.45, 2.75) is 37.7 Å². The number of fused-ring (bicyclic) bond motifs is 1. The SMILES string of the molecule is COc1cccc2c(NCC3(O)CCCCC3)nccc12. The zero-order chi connectivity index (χ0) is 14.7. The lowest BCUT2D eigenvalue weighted by Crippen LogP contribution is -2.38. The zero-order valence-corrected chi connectivity index (χ0v) is 12.4. The molecule has 0 unspecified atom stereocenters. The van der Waals surface area contributed by atoms with Crippen molar-refractivity contribution in [3.8, 4) is 5.75 Å². The number of anilines is 1. The summed E-state index contributed by atoms with van der Waals surface area (Å²) < 4.78 is 5.39. The Morgan fingerprint density at radius 3 is 2.76 bits per heavy atom. The summed E-state index contributed by atoms with van der Waals surface area (Å²) in [5.41, 5.74) is -0.596. The molecule has 1 saturated carbocycles. The maximum absolute atomic E-state index is 10.6. The Morgan fingerprint density at radius 1 is 1.19 bits per heavy atom. The quantitative estimate of drug-likeness (QED) is 0.905. The predicted octanol–water partition coefficient (Wildman–Crippen LogP) is 3.35. The molecule has 1 aliphatic carbocycles. The molecule has 0 spiro atoms. The van der Waals surface area contributed by atoms with Crippen molar-refractivity contribution in [3.63, 3.8) is 0 Å². The highest BCUT2D eigenvalue weighted by Gasteiger charge is 2.29. The molecule has 2 aromatic rings. The number of aromatic nitrogens is 1. The van der Waals surface area contributed by atoms with Gasteiger partial charge in [0.15, 0.2) is 0 Å². The fraction of sp³-hybridized carbons (Fsp3) is 0.471. The van der Waals surface area contributed by atoms with Gasteiger partial charge in [-0.15, -0.1) is 0 Å². The van der Waals surface area contributed by atoms with Gasteiger partial charge in [-0.1, -0.05) is 31.4 Å². The maximum Gasteiger partial charge on any atom is 0.134 e. The van der Waals surface area contributed by atoms with Gasteiger partial charge in [0, 0.05) is 23.5 Å². The minimum atomic E-state index is -0.596. The Balaban J connectivity index is 1.84. The molecule has 0 aliphatic heterocycles. The van der Waals surface area contributed by atoms with Gasteiger partial charge >= 0.3 is 0 Å². The van der Waals surface area contributed by atoms with Crippen molar-refractivity contribution in [2.24, 2.45) is 0 Å². The number of hydrogen-bond acceptors (Lipinski definition) is 4. The molecule has 1 fully saturated rings. The normalized spacial score (nSPS) is 17.6. The van der Waals surface area contributed by atoms with Crippen LogP contribution >= 0.6 is 0 Å². The van der Waals surface area contributed by atoms with E-state index >= 15 is 0 Å². The molecule has 0 bridgehead atoms. The van der Waals surface area contributed by atoms with E-state index in [1.165, 1.54) is 6.42 Å². The lowest BCUT2D eigenvalue weighted by Gasteiger charge is -2.32. The number of hydrogen-bond donors (Lipinski definition) is 2. The summed E-state index contributed by atoms with van der Waals surface area (Å²) in [6.45, 7) is 0.552. The van der Waals surface area contributed by atoms with Crippen LogP contribution < -0.4 is 10.1 Å². The van der Waals surface area contributed by atoms with Crippen LogP contribution in [-0.2, 0) is 0 Å². The monoisotopic (exact) mass is 286 g/mol. The van der Waals surface area contributed by atoms with Gasteiger partial charge in [0.2, 0.25) is 0 Å². The van der Waals surface area contributed by atoms with E-state index in [9.17, 15) is 5.11 Å². The fourth-order valence-corrected chi connectivity index (χ4v) is 3.13. The van der Waals surface area contributed by atoms with Crippen molar-refractivity contribution in [3.05, 3.63) is 30.5 Å². The highest BCUT2D eigenvalue weighted by molar-refractivity contribution is 5.95. The van der Waals surface area contributed by atoms with Crippen LogP contribution in [0.5, 0.6) is 5.75 Å². The second kappa shape index (κ2) is 5.90. The van der Waals surface area contributed by atoms with E-state index < -0.39 is 5.60 Å². The van der Waals surface area contributed by atoms with E-state index in [-0.39, 0.29) is 0 Å². The first-order valence-corrected chi connectivity index (χ1v) is 7.60. The van der Waals surface area contributed by atoms with Crippen molar-refractivity contribution in [1.82, 2.24) is 4.98 Å². The minimum absolute atomic E-state index is 0.552. The highest BCUT2D eigenvalue weighted by atomic mass is 16.5. The molecule has 112 valence electrons. The van der Waals surface area contributed by atoms with E-state index in [2.05, 4.69) is 10.3 Å². The number of nitrogens with zero attached hydrogens (tertiary/aromatic N) is 1. The van der Waals surface area contributed by atoms with E-state index in [0.717, 1.165) is 48.0 Å². The topological polar surface area (TPSA) is 54.4 Å². The number of aliphatic hydroxyl groups is 1. The Bertz CT molecular complexity index is 621. The molecule has 4 nitrogen and oxygen atoms in total. The molecule has 1 heterocycles. The number of nitrogens with one attached hydrogen (secondary N) is 1. The molecule has 1 aromatic carbocycles. The third-order valence-electron chi connectivity index (χ3n) is 4.36. The Morgan fingerprint density at radius 2 is 2.00 bits per heavy atom. The molecule has 1 aliphatic rings. The van der Waals surface area contributed by atoms with Crippen LogP contribution in [0.2, 0.25) is 0 Å². The minimum Gasteiger partial charge on any atom is -0.496 e. The van der Waals surface area contributed by atoms with Crippen molar-refractivity contribution in [1.29, 1.82) is 0 Å². The first-order chi connectivity index (χ1) is 10.2. The van der Waals surface area contributed by atoms with Crippen molar-refractivity contribution >= 4 is 16.6 Å². The van der Waals surface area contributed by atoms with Crippen LogP contribution in [0.3, 0.4) is 0 Å². The molecule has 1 aromatic heterocycles. The summed E-state index contributed by atoms with van der Waals surface area (Å²) in [4.78, 5) is 4.42. The molecule has 2 N–H and O–H groups in total. The van der Waals surface area contributed by atoms with Crippen molar-refractivity contribution in [2.75, 3.05) is 19.0 Å². The smallest absolute Gasteiger partial charge is 0.134 e. The summed E-state index contributed by atoms with van der Waals surface area (Å²) in [6, 6.07) is 7.89. The standard InChI is InChI=1S/C17H22N2O2/c1-21-15-7-5-6-14-13(15)8-11-18-16(14)19-12-17(20)9-3-2-4-10-17/h5-8,11,20H,2-4,9-10,12H2,1H3,(H,18,19). The summed E-state index contributed by atoms with van der Waals surface area (Å²) in [5.74, 6) is 1.65. The van der Waals surface area contributed by atoms with Gasteiger partial charge in [0.25, 0.3) is 0 Å². The molecule has 3 rings (SSSR count). The maximum atomic E-state index is 10.6. The lowest BCUT2D eigenvalue weighted by molar-refractivity contribution is 0.0167. The summed E-state index contributed by atoms with van der Waals surface area (Å²) in [7, 11) is 1.67. The van der Waals surface area contributed by atoms with Crippen LogP contribution in [0.25, 0.3) is 10.8 Å². The summed E-state index contributed by atoms with van der Waals surface area (Å²) >= 11 is 0. The molecule has 21 heavy (non-hydrogen) atoms. The van der Waals surface area contributed by atoms with Crippen LogP contribution in [0.1, 0.15) is 32.1 Å². The Labute approximate surface area is 125 Å². The van der Waals surface area contributed by atoms with Gasteiger partial charge < -0.3 is 15.2 Å². The van der Waals surface area contributed by atoms with Crippen LogP contribution in [0.15, 0.2) is 30.5 Å². The van der Waals surface area contributed by atoms with Gasteiger partial charge in [-0.25, -0.2) is 4.98 Å². The second-order valence-corrected chi connectivity index (χ2v) is 5.85. The zero-order valence-electron chi connectivity index (χ0n) is 12.4. The molecule has 0 saturated heterocycles. The average Bonchev–Trinajstić information content (AvgIpc) is 2.53. The van der Waals surface area contributed by atoms with Gasteiger partial charge in [0.1, 0.15) is 11.6 Å². The molecule has 4 heteroatoms. The number of rotatable bonds is 4. The number of pyridine rings is 1. The molecule has 0 radical (unpaired) electrons. The van der Waals surface area contributed by atoms with Gasteiger partial charge in [-0.3, -0.25) is 0 Å². The Hall–Kier alpha value is -1.81. The molecular formula is C17H22N2O2. The lowest BCUT2D eigenvalue weighted by atomic mass is 9.85. The van der Waals surface area contributed by atoms with Crippen LogP contribution in [0, 0.1) is 0 Å². The first kappa shape index (κ1) is 14.1. The third kappa shape index (κ3) is 2.95. The molecular weight excluding hydrogens is 264 g/mol. The average molecular weight is 286 g/mol. The van der Waals surface area contributed by atoms with Gasteiger partial charge in [-0.05, 0) is 25.0 Å². The van der Waals surface area contributed by atoms with E-state index in [4.69, 9.17) is 4.74 Å². The van der Waals surface area contributed by atoms with E-state index in [0.29, 0.717) is 6.54 Å². The van der Waals surface area contributed by atoms with Crippen LogP contribution in [-0.4, -0.2) is 29.3 Å². The molecule has 0 amide bonds. The Kier molecular flexibility index (Phi) is 3.97. The third-order valence-corrected chi connectivity index (χ3v) is 4.36. The number of methoxy groups -OCH3 is 1. The largest absolute Gasteiger partial charge is 0.496 e. The predicted molar refractivity (Wildman–Crippen MR) is 84.8 cm³/mol. The fourth-order valence-electron chi connectivity index (χ4n) is 3.13. The highest BCUT2D eigenvalue weighted by Crippen LogP contribution is 2.31. The van der Waals surface area contributed by atoms with E-state index in [1.54, 1.807) is 13.3 Å². The second-order valence-electron chi connectivity index (χ2n) is 5.85.